The molecule has 0 spiro atoms. The second kappa shape index (κ2) is 11.3. The summed E-state index contributed by atoms with van der Waals surface area (Å²) in [5.41, 5.74) is 3.57. The van der Waals surface area contributed by atoms with Crippen LogP contribution in [0.5, 0.6) is 5.75 Å². The van der Waals surface area contributed by atoms with E-state index in [1.54, 1.807) is 0 Å². The Morgan fingerprint density at radius 3 is 2.52 bits per heavy atom. The van der Waals surface area contributed by atoms with Gasteiger partial charge in [-0.05, 0) is 50.2 Å². The molecule has 0 fully saturated rings. The molecule has 0 unspecified atom stereocenters. The van der Waals surface area contributed by atoms with E-state index in [1.807, 2.05) is 12.1 Å². The van der Waals surface area contributed by atoms with Crippen molar-refractivity contribution >= 4 is 15.9 Å². The molecule has 0 atom stereocenters. The molecule has 0 aliphatic rings. The van der Waals surface area contributed by atoms with Crippen LogP contribution in [0, 0.1) is 6.92 Å². The highest BCUT2D eigenvalue weighted by atomic mass is 79.9. The largest absolute Gasteiger partial charge is 0.489 e. The minimum absolute atomic E-state index is 0.188. The summed E-state index contributed by atoms with van der Waals surface area (Å²) in [7, 11) is 0. The van der Waals surface area contributed by atoms with Crippen molar-refractivity contribution in [3.63, 3.8) is 0 Å². The van der Waals surface area contributed by atoms with Gasteiger partial charge in [-0.3, -0.25) is 0 Å². The SMILES string of the molecule is Cc1ccc(COc2ccc(Br)cc2CNCCCNCCO)cc1. The fourth-order valence-corrected chi connectivity index (χ4v) is 2.85. The van der Waals surface area contributed by atoms with Crippen molar-refractivity contribution in [2.75, 3.05) is 26.2 Å². The van der Waals surface area contributed by atoms with Gasteiger partial charge in [0.05, 0.1) is 6.61 Å². The molecule has 2 rings (SSSR count). The Morgan fingerprint density at radius 1 is 1.00 bits per heavy atom. The topological polar surface area (TPSA) is 53.5 Å². The van der Waals surface area contributed by atoms with E-state index in [0.717, 1.165) is 41.8 Å². The Bertz CT molecular complexity index is 632. The molecule has 0 radical (unpaired) electrons. The summed E-state index contributed by atoms with van der Waals surface area (Å²) in [6.07, 6.45) is 1.02. The Morgan fingerprint density at radius 2 is 1.76 bits per heavy atom. The third-order valence-electron chi connectivity index (χ3n) is 3.85. The first-order chi connectivity index (χ1) is 12.2. The number of hydrogen-bond donors (Lipinski definition) is 3. The molecule has 0 aliphatic heterocycles. The normalized spacial score (nSPS) is 10.8. The number of ether oxygens (including phenoxy) is 1. The number of aliphatic hydroxyl groups is 1. The predicted molar refractivity (Wildman–Crippen MR) is 106 cm³/mol. The highest BCUT2D eigenvalue weighted by Gasteiger charge is 2.05. The maximum absolute atomic E-state index is 8.72. The summed E-state index contributed by atoms with van der Waals surface area (Å²) in [5, 5.41) is 15.3. The van der Waals surface area contributed by atoms with Gasteiger partial charge >= 0.3 is 0 Å². The zero-order valence-electron chi connectivity index (χ0n) is 14.7. The molecule has 4 nitrogen and oxygen atoms in total. The van der Waals surface area contributed by atoms with E-state index in [2.05, 4.69) is 63.8 Å². The third kappa shape index (κ3) is 7.57. The second-order valence-corrected chi connectivity index (χ2v) is 6.95. The van der Waals surface area contributed by atoms with Gasteiger partial charge in [0.2, 0.25) is 0 Å². The minimum atomic E-state index is 0.188. The van der Waals surface area contributed by atoms with Gasteiger partial charge in [0.15, 0.2) is 0 Å². The Balaban J connectivity index is 1.83. The fourth-order valence-electron chi connectivity index (χ4n) is 2.44. The van der Waals surface area contributed by atoms with Crippen LogP contribution in [0.15, 0.2) is 46.9 Å². The lowest BCUT2D eigenvalue weighted by Gasteiger charge is -2.13. The van der Waals surface area contributed by atoms with Crippen molar-refractivity contribution in [1.29, 1.82) is 0 Å². The van der Waals surface area contributed by atoms with E-state index in [4.69, 9.17) is 9.84 Å². The van der Waals surface area contributed by atoms with E-state index in [9.17, 15) is 0 Å². The summed E-state index contributed by atoms with van der Waals surface area (Å²) < 4.78 is 7.08. The van der Waals surface area contributed by atoms with Crippen LogP contribution >= 0.6 is 15.9 Å². The molecule has 3 N–H and O–H groups in total. The van der Waals surface area contributed by atoms with E-state index in [1.165, 1.54) is 11.1 Å². The van der Waals surface area contributed by atoms with Crippen LogP contribution in [0.4, 0.5) is 0 Å². The average molecular weight is 407 g/mol. The molecular formula is C20H27BrN2O2. The number of aliphatic hydroxyl groups excluding tert-OH is 1. The number of nitrogens with one attached hydrogen (secondary N) is 2. The van der Waals surface area contributed by atoms with Gasteiger partial charge in [-0.1, -0.05) is 45.8 Å². The molecule has 136 valence electrons. The standard InChI is InChI=1S/C20H27BrN2O2/c1-16-3-5-17(6-4-16)15-25-20-8-7-19(21)13-18(20)14-23-10-2-9-22-11-12-24/h3-8,13,22-24H,2,9-12,14-15H2,1H3. The van der Waals surface area contributed by atoms with Crippen molar-refractivity contribution in [2.45, 2.75) is 26.5 Å². The lowest BCUT2D eigenvalue weighted by molar-refractivity contribution is 0.292. The number of hydrogen-bond acceptors (Lipinski definition) is 4. The van der Waals surface area contributed by atoms with Crippen LogP contribution in [0.25, 0.3) is 0 Å². The summed E-state index contributed by atoms with van der Waals surface area (Å²) in [6, 6.07) is 14.5. The van der Waals surface area contributed by atoms with Crippen LogP contribution < -0.4 is 15.4 Å². The molecular weight excluding hydrogens is 380 g/mol. The Hall–Kier alpha value is -1.40. The monoisotopic (exact) mass is 406 g/mol. The molecule has 0 aromatic heterocycles. The number of aryl methyl sites for hydroxylation is 1. The Kier molecular flexibility index (Phi) is 8.97. The molecule has 0 bridgehead atoms. The van der Waals surface area contributed by atoms with Gasteiger partial charge in [0, 0.05) is 23.1 Å². The van der Waals surface area contributed by atoms with Crippen molar-refractivity contribution < 1.29 is 9.84 Å². The molecule has 0 amide bonds. The zero-order chi connectivity index (χ0) is 17.9. The molecule has 2 aromatic carbocycles. The molecule has 0 saturated heterocycles. The lowest BCUT2D eigenvalue weighted by Crippen LogP contribution is -2.24. The molecule has 2 aromatic rings. The van der Waals surface area contributed by atoms with Gasteiger partial charge in [0.1, 0.15) is 12.4 Å². The van der Waals surface area contributed by atoms with E-state index >= 15 is 0 Å². The average Bonchev–Trinajstić information content (AvgIpc) is 2.61. The predicted octanol–water partition coefficient (Wildman–Crippen LogP) is 3.40. The molecule has 25 heavy (non-hydrogen) atoms. The Labute approximate surface area is 158 Å². The minimum Gasteiger partial charge on any atom is -0.489 e. The molecule has 0 saturated carbocycles. The van der Waals surface area contributed by atoms with Crippen LogP contribution in [-0.2, 0) is 13.2 Å². The summed E-state index contributed by atoms with van der Waals surface area (Å²) in [6.45, 7) is 6.09. The van der Waals surface area contributed by atoms with Gasteiger partial charge in [-0.2, -0.15) is 0 Å². The molecule has 0 heterocycles. The van der Waals surface area contributed by atoms with Crippen LogP contribution in [0.3, 0.4) is 0 Å². The number of halogens is 1. The fraction of sp³-hybridized carbons (Fsp3) is 0.400. The van der Waals surface area contributed by atoms with Gasteiger partial charge in [0.25, 0.3) is 0 Å². The van der Waals surface area contributed by atoms with Crippen LogP contribution in [0.1, 0.15) is 23.1 Å². The van der Waals surface area contributed by atoms with Crippen LogP contribution in [-0.4, -0.2) is 31.3 Å². The maximum atomic E-state index is 8.72. The van der Waals surface area contributed by atoms with E-state index in [-0.39, 0.29) is 6.61 Å². The van der Waals surface area contributed by atoms with Crippen molar-refractivity contribution in [3.8, 4) is 5.75 Å². The zero-order valence-corrected chi connectivity index (χ0v) is 16.3. The summed E-state index contributed by atoms with van der Waals surface area (Å²) in [5.74, 6) is 0.912. The van der Waals surface area contributed by atoms with Crippen LogP contribution in [0.2, 0.25) is 0 Å². The first-order valence-electron chi connectivity index (χ1n) is 8.68. The number of rotatable bonds is 11. The lowest BCUT2D eigenvalue weighted by atomic mass is 10.1. The van der Waals surface area contributed by atoms with E-state index < -0.39 is 0 Å². The van der Waals surface area contributed by atoms with Crippen molar-refractivity contribution in [1.82, 2.24) is 10.6 Å². The number of benzene rings is 2. The highest BCUT2D eigenvalue weighted by Crippen LogP contribution is 2.24. The van der Waals surface area contributed by atoms with E-state index in [0.29, 0.717) is 13.2 Å². The smallest absolute Gasteiger partial charge is 0.124 e. The summed E-state index contributed by atoms with van der Waals surface area (Å²) >= 11 is 3.53. The summed E-state index contributed by atoms with van der Waals surface area (Å²) in [4.78, 5) is 0. The molecule has 0 aliphatic carbocycles. The first-order valence-corrected chi connectivity index (χ1v) is 9.47. The van der Waals surface area contributed by atoms with Crippen molar-refractivity contribution in [2.24, 2.45) is 0 Å². The van der Waals surface area contributed by atoms with Gasteiger partial charge in [-0.15, -0.1) is 0 Å². The molecule has 5 heteroatoms. The van der Waals surface area contributed by atoms with Crippen molar-refractivity contribution in [3.05, 3.63) is 63.6 Å². The first kappa shape index (κ1) is 19.9. The maximum Gasteiger partial charge on any atom is 0.124 e. The quantitative estimate of drug-likeness (QED) is 0.500. The third-order valence-corrected chi connectivity index (χ3v) is 4.34. The van der Waals surface area contributed by atoms with Gasteiger partial charge < -0.3 is 20.5 Å². The van der Waals surface area contributed by atoms with Gasteiger partial charge in [-0.25, -0.2) is 0 Å². The second-order valence-electron chi connectivity index (χ2n) is 6.03. The highest BCUT2D eigenvalue weighted by molar-refractivity contribution is 9.10.